The van der Waals surface area contributed by atoms with Gasteiger partial charge in [-0.15, -0.1) is 0 Å². The number of Topliss-reactive ketones (excluding diaryl/α,β-unsaturated/α-hetero) is 1. The summed E-state index contributed by atoms with van der Waals surface area (Å²) >= 11 is 6.81. The highest BCUT2D eigenvalue weighted by Gasteiger charge is 2.08. The van der Waals surface area contributed by atoms with E-state index in [1.807, 2.05) is 43.4 Å². The standard InChI is InChI=1S/C17H17Br2NO/c1-20(12-13-2-6-15(18)7-3-13)11-10-17(21)14-4-8-16(19)9-5-14/h2-9H,10-12H2,1H3. The molecule has 0 unspecified atom stereocenters. The lowest BCUT2D eigenvalue weighted by molar-refractivity contribution is 0.0968. The van der Waals surface area contributed by atoms with Crippen LogP contribution in [0.25, 0.3) is 0 Å². The number of carbonyl (C=O) groups is 1. The smallest absolute Gasteiger partial charge is 0.164 e. The zero-order valence-corrected chi connectivity index (χ0v) is 15.0. The van der Waals surface area contributed by atoms with E-state index < -0.39 is 0 Å². The van der Waals surface area contributed by atoms with Gasteiger partial charge < -0.3 is 4.90 Å². The van der Waals surface area contributed by atoms with Crippen molar-refractivity contribution in [2.24, 2.45) is 0 Å². The molecule has 2 aromatic rings. The van der Waals surface area contributed by atoms with Gasteiger partial charge in [-0.1, -0.05) is 56.1 Å². The summed E-state index contributed by atoms with van der Waals surface area (Å²) < 4.78 is 2.07. The lowest BCUT2D eigenvalue weighted by Gasteiger charge is -2.16. The highest BCUT2D eigenvalue weighted by atomic mass is 79.9. The van der Waals surface area contributed by atoms with Crippen molar-refractivity contribution in [3.63, 3.8) is 0 Å². The Bertz CT molecular complexity index is 593. The molecule has 0 aliphatic rings. The molecule has 0 heterocycles. The molecule has 2 rings (SSSR count). The minimum absolute atomic E-state index is 0.185. The summed E-state index contributed by atoms with van der Waals surface area (Å²) in [7, 11) is 2.04. The zero-order valence-electron chi connectivity index (χ0n) is 11.9. The number of benzene rings is 2. The van der Waals surface area contributed by atoms with E-state index in [2.05, 4.69) is 48.9 Å². The topological polar surface area (TPSA) is 20.3 Å². The van der Waals surface area contributed by atoms with E-state index in [1.54, 1.807) is 0 Å². The van der Waals surface area contributed by atoms with Gasteiger partial charge in [0.15, 0.2) is 5.78 Å². The van der Waals surface area contributed by atoms with Crippen LogP contribution in [0.2, 0.25) is 0 Å². The Morgan fingerprint density at radius 2 is 1.48 bits per heavy atom. The first-order chi connectivity index (χ1) is 10.0. The van der Waals surface area contributed by atoms with Crippen LogP contribution in [0.3, 0.4) is 0 Å². The Kier molecular flexibility index (Phi) is 6.15. The number of carbonyl (C=O) groups excluding carboxylic acids is 1. The van der Waals surface area contributed by atoms with E-state index in [0.717, 1.165) is 27.6 Å². The number of rotatable bonds is 6. The largest absolute Gasteiger partial charge is 0.302 e. The second kappa shape index (κ2) is 7.87. The molecule has 0 radical (unpaired) electrons. The quantitative estimate of drug-likeness (QED) is 0.630. The summed E-state index contributed by atoms with van der Waals surface area (Å²) in [5.74, 6) is 0.185. The van der Waals surface area contributed by atoms with Gasteiger partial charge in [-0.05, 0) is 36.9 Å². The number of halogens is 2. The maximum absolute atomic E-state index is 12.1. The SMILES string of the molecule is CN(CCC(=O)c1ccc(Br)cc1)Cc1ccc(Br)cc1. The van der Waals surface area contributed by atoms with Crippen LogP contribution in [0.1, 0.15) is 22.3 Å². The number of nitrogens with zero attached hydrogens (tertiary/aromatic N) is 1. The summed E-state index contributed by atoms with van der Waals surface area (Å²) in [5, 5.41) is 0. The van der Waals surface area contributed by atoms with Gasteiger partial charge in [0.2, 0.25) is 0 Å². The third-order valence-electron chi connectivity index (χ3n) is 3.25. The molecular formula is C17H17Br2NO. The van der Waals surface area contributed by atoms with Gasteiger partial charge in [0.05, 0.1) is 0 Å². The van der Waals surface area contributed by atoms with Crippen LogP contribution in [0.15, 0.2) is 57.5 Å². The number of ketones is 1. The molecule has 0 aromatic heterocycles. The second-order valence-corrected chi connectivity index (χ2v) is 6.88. The van der Waals surface area contributed by atoms with Gasteiger partial charge in [-0.25, -0.2) is 0 Å². The molecule has 2 nitrogen and oxygen atoms in total. The Morgan fingerprint density at radius 3 is 2.05 bits per heavy atom. The molecule has 0 aliphatic carbocycles. The van der Waals surface area contributed by atoms with Crippen LogP contribution >= 0.6 is 31.9 Å². The van der Waals surface area contributed by atoms with Crippen molar-refractivity contribution in [1.29, 1.82) is 0 Å². The molecule has 0 amide bonds. The van der Waals surface area contributed by atoms with E-state index in [-0.39, 0.29) is 5.78 Å². The Balaban J connectivity index is 1.83. The minimum atomic E-state index is 0.185. The average Bonchev–Trinajstić information content (AvgIpc) is 2.48. The van der Waals surface area contributed by atoms with Crippen molar-refractivity contribution in [3.8, 4) is 0 Å². The van der Waals surface area contributed by atoms with E-state index in [1.165, 1.54) is 5.56 Å². The van der Waals surface area contributed by atoms with E-state index in [4.69, 9.17) is 0 Å². The number of hydrogen-bond acceptors (Lipinski definition) is 2. The fraction of sp³-hybridized carbons (Fsp3) is 0.235. The average molecular weight is 411 g/mol. The van der Waals surface area contributed by atoms with Gasteiger partial charge in [-0.2, -0.15) is 0 Å². The fourth-order valence-electron chi connectivity index (χ4n) is 2.05. The fourth-order valence-corrected chi connectivity index (χ4v) is 2.58. The van der Waals surface area contributed by atoms with Gasteiger partial charge in [0.1, 0.15) is 0 Å². The van der Waals surface area contributed by atoms with Crippen molar-refractivity contribution in [2.75, 3.05) is 13.6 Å². The van der Waals surface area contributed by atoms with Gasteiger partial charge >= 0.3 is 0 Å². The molecule has 0 N–H and O–H groups in total. The predicted molar refractivity (Wildman–Crippen MR) is 93.6 cm³/mol. The van der Waals surface area contributed by atoms with Crippen LogP contribution in [0, 0.1) is 0 Å². The molecule has 0 fully saturated rings. The number of hydrogen-bond donors (Lipinski definition) is 0. The lowest BCUT2D eigenvalue weighted by Crippen LogP contribution is -2.21. The monoisotopic (exact) mass is 409 g/mol. The first-order valence-corrected chi connectivity index (χ1v) is 8.35. The van der Waals surface area contributed by atoms with Crippen LogP contribution in [-0.2, 0) is 6.54 Å². The van der Waals surface area contributed by atoms with Crippen molar-refractivity contribution in [3.05, 3.63) is 68.6 Å². The molecule has 0 bridgehead atoms. The third kappa shape index (κ3) is 5.38. The minimum Gasteiger partial charge on any atom is -0.302 e. The van der Waals surface area contributed by atoms with Gasteiger partial charge in [0, 0.05) is 34.0 Å². The Morgan fingerprint density at radius 1 is 0.952 bits per heavy atom. The normalized spacial score (nSPS) is 10.9. The molecule has 0 atom stereocenters. The summed E-state index contributed by atoms with van der Waals surface area (Å²) in [6.07, 6.45) is 0.536. The predicted octanol–water partition coefficient (Wildman–Crippen LogP) is 4.92. The molecule has 110 valence electrons. The highest BCUT2D eigenvalue weighted by molar-refractivity contribution is 9.10. The molecular weight excluding hydrogens is 394 g/mol. The summed E-state index contributed by atoms with van der Waals surface area (Å²) in [6.45, 7) is 1.60. The third-order valence-corrected chi connectivity index (χ3v) is 4.31. The summed E-state index contributed by atoms with van der Waals surface area (Å²) in [4.78, 5) is 14.3. The summed E-state index contributed by atoms with van der Waals surface area (Å²) in [5.41, 5.74) is 2.02. The van der Waals surface area contributed by atoms with Crippen LogP contribution < -0.4 is 0 Å². The van der Waals surface area contributed by atoms with E-state index in [9.17, 15) is 4.79 Å². The Labute approximate surface area is 142 Å². The first-order valence-electron chi connectivity index (χ1n) is 6.76. The van der Waals surface area contributed by atoms with E-state index in [0.29, 0.717) is 6.42 Å². The molecule has 0 aliphatic heterocycles. The van der Waals surface area contributed by atoms with Gasteiger partial charge in [-0.3, -0.25) is 4.79 Å². The van der Waals surface area contributed by atoms with Crippen molar-refractivity contribution >= 4 is 37.6 Å². The highest BCUT2D eigenvalue weighted by Crippen LogP contribution is 2.14. The van der Waals surface area contributed by atoms with Crippen molar-refractivity contribution < 1.29 is 4.79 Å². The molecule has 4 heteroatoms. The van der Waals surface area contributed by atoms with Crippen LogP contribution in [0.4, 0.5) is 0 Å². The molecule has 0 saturated carbocycles. The molecule has 0 spiro atoms. The van der Waals surface area contributed by atoms with Crippen LogP contribution in [-0.4, -0.2) is 24.3 Å². The lowest BCUT2D eigenvalue weighted by atomic mass is 10.1. The van der Waals surface area contributed by atoms with Crippen molar-refractivity contribution in [2.45, 2.75) is 13.0 Å². The first kappa shape index (κ1) is 16.4. The Hall–Kier alpha value is -0.970. The van der Waals surface area contributed by atoms with Crippen molar-refractivity contribution in [1.82, 2.24) is 4.90 Å². The molecule has 2 aromatic carbocycles. The molecule has 0 saturated heterocycles. The zero-order chi connectivity index (χ0) is 15.2. The summed E-state index contributed by atoms with van der Waals surface area (Å²) in [6, 6.07) is 15.8. The maximum Gasteiger partial charge on any atom is 0.164 e. The second-order valence-electron chi connectivity index (χ2n) is 5.04. The van der Waals surface area contributed by atoms with E-state index >= 15 is 0 Å². The van der Waals surface area contributed by atoms with Crippen LogP contribution in [0.5, 0.6) is 0 Å². The maximum atomic E-state index is 12.1. The molecule has 21 heavy (non-hydrogen) atoms. The van der Waals surface area contributed by atoms with Gasteiger partial charge in [0.25, 0.3) is 0 Å².